The Bertz CT molecular complexity index is 1430. The minimum absolute atomic E-state index is 0.118. The van der Waals surface area contributed by atoms with Crippen LogP contribution in [-0.4, -0.2) is 39.7 Å². The van der Waals surface area contributed by atoms with E-state index in [4.69, 9.17) is 0 Å². The largest absolute Gasteiger partial charge is 0.435 e. The molecule has 2 aliphatic rings. The first-order chi connectivity index (χ1) is 18.2. The first-order valence-electron chi connectivity index (χ1n) is 12.4. The highest BCUT2D eigenvalue weighted by molar-refractivity contribution is 7.12. The van der Waals surface area contributed by atoms with Crippen LogP contribution in [0, 0.1) is 17.1 Å². The highest BCUT2D eigenvalue weighted by Crippen LogP contribution is 2.45. The Morgan fingerprint density at radius 3 is 2.84 bits per heavy atom. The van der Waals surface area contributed by atoms with Crippen LogP contribution >= 0.6 is 11.3 Å². The normalized spacial score (nSPS) is 19.6. The molecule has 1 aromatic carbocycles. The number of carbonyl (C=O) groups is 1. The third kappa shape index (κ3) is 4.98. The lowest BCUT2D eigenvalue weighted by Crippen LogP contribution is -2.37. The first kappa shape index (κ1) is 26.1. The number of thiophene rings is 1. The van der Waals surface area contributed by atoms with Gasteiger partial charge < -0.3 is 10.2 Å². The van der Waals surface area contributed by atoms with Gasteiger partial charge >= 0.3 is 6.18 Å². The number of nitriles is 1. The Kier molecular flexibility index (Phi) is 7.11. The predicted octanol–water partition coefficient (Wildman–Crippen LogP) is 5.44. The van der Waals surface area contributed by atoms with E-state index in [9.17, 15) is 23.2 Å². The monoisotopic (exact) mass is 543 g/mol. The van der Waals surface area contributed by atoms with Crippen LogP contribution in [0.3, 0.4) is 0 Å². The number of amides is 1. The maximum atomic E-state index is 15.4. The minimum atomic E-state index is -4.79. The van der Waals surface area contributed by atoms with Crippen molar-refractivity contribution in [3.63, 3.8) is 0 Å². The molecule has 11 heteroatoms. The molecule has 1 amide bonds. The average Bonchev–Trinajstić information content (AvgIpc) is 3.65. The molecule has 1 N–H and O–H groups in total. The van der Waals surface area contributed by atoms with E-state index in [0.29, 0.717) is 10.4 Å². The van der Waals surface area contributed by atoms with Crippen molar-refractivity contribution >= 4 is 17.2 Å². The van der Waals surface area contributed by atoms with Gasteiger partial charge in [0.05, 0.1) is 6.54 Å². The summed E-state index contributed by atoms with van der Waals surface area (Å²) in [5.74, 6) is -1.68. The zero-order chi connectivity index (χ0) is 27.0. The van der Waals surface area contributed by atoms with E-state index < -0.39 is 23.6 Å². The molecule has 1 saturated heterocycles. The third-order valence-electron chi connectivity index (χ3n) is 6.99. The van der Waals surface area contributed by atoms with Crippen molar-refractivity contribution in [3.8, 4) is 17.2 Å². The molecule has 198 valence electrons. The molecule has 4 heterocycles. The minimum Gasteiger partial charge on any atom is -0.333 e. The lowest BCUT2D eigenvalue weighted by Gasteiger charge is -2.33. The molecule has 2 aromatic heterocycles. The summed E-state index contributed by atoms with van der Waals surface area (Å²) in [6, 6.07) is 8.10. The third-order valence-corrected chi connectivity index (χ3v) is 8.03. The Morgan fingerprint density at radius 2 is 2.16 bits per heavy atom. The fourth-order valence-corrected chi connectivity index (χ4v) is 6.21. The summed E-state index contributed by atoms with van der Waals surface area (Å²) >= 11 is 1.24. The zero-order valence-corrected chi connectivity index (χ0v) is 21.4. The number of fused-ring (bicyclic) bond motifs is 1. The van der Waals surface area contributed by atoms with E-state index >= 15 is 4.39 Å². The van der Waals surface area contributed by atoms with E-state index in [1.165, 1.54) is 29.7 Å². The summed E-state index contributed by atoms with van der Waals surface area (Å²) in [6.45, 7) is 3.13. The summed E-state index contributed by atoms with van der Waals surface area (Å²) in [4.78, 5) is 16.0. The zero-order valence-electron chi connectivity index (χ0n) is 20.6. The van der Waals surface area contributed by atoms with Gasteiger partial charge in [0, 0.05) is 53.3 Å². The summed E-state index contributed by atoms with van der Waals surface area (Å²) in [7, 11) is 0. The van der Waals surface area contributed by atoms with E-state index in [0.717, 1.165) is 40.6 Å². The highest BCUT2D eigenvalue weighted by atomic mass is 32.1. The van der Waals surface area contributed by atoms with E-state index in [1.807, 2.05) is 6.08 Å². The topological polar surface area (TPSA) is 74.0 Å². The molecule has 38 heavy (non-hydrogen) atoms. The fraction of sp³-hybridized carbons (Fsp3) is 0.370. The molecule has 1 fully saturated rings. The van der Waals surface area contributed by atoms with Gasteiger partial charge in [-0.25, -0.2) is 4.39 Å². The second-order valence-corrected chi connectivity index (χ2v) is 10.5. The molecular weight excluding hydrogens is 518 g/mol. The quantitative estimate of drug-likeness (QED) is 0.344. The lowest BCUT2D eigenvalue weighted by molar-refractivity contribution is -0.141. The van der Waals surface area contributed by atoms with Crippen LogP contribution in [0.4, 0.5) is 17.6 Å². The lowest BCUT2D eigenvalue weighted by atomic mass is 9.83. The van der Waals surface area contributed by atoms with Gasteiger partial charge in [0.2, 0.25) is 5.91 Å². The molecule has 0 radical (unpaired) electrons. The molecule has 0 spiro atoms. The average molecular weight is 544 g/mol. The number of carbonyl (C=O) groups excluding carboxylic acids is 1. The van der Waals surface area contributed by atoms with Crippen molar-refractivity contribution < 1.29 is 22.4 Å². The number of aromatic nitrogens is 2. The van der Waals surface area contributed by atoms with Crippen molar-refractivity contribution in [1.82, 2.24) is 20.0 Å². The van der Waals surface area contributed by atoms with E-state index in [-0.39, 0.29) is 42.7 Å². The smallest absolute Gasteiger partial charge is 0.333 e. The number of alkyl halides is 3. The van der Waals surface area contributed by atoms with E-state index in [2.05, 4.69) is 16.5 Å². The Balaban J connectivity index is 1.60. The van der Waals surface area contributed by atoms with Crippen LogP contribution in [0.2, 0.25) is 0 Å². The molecule has 6 nitrogen and oxygen atoms in total. The second-order valence-electron chi connectivity index (χ2n) is 9.38. The van der Waals surface area contributed by atoms with Crippen LogP contribution in [-0.2, 0) is 24.1 Å². The van der Waals surface area contributed by atoms with Gasteiger partial charge in [0.1, 0.15) is 16.8 Å². The number of hydrogen-bond acceptors (Lipinski definition) is 5. The standard InChI is InChI=1S/C27H25F4N5OS/c1-2-36-14-21(26(34-36)27(29,30)31)25-18(6-3-7-22(25)28)20-13-35(15-23-19(20)11-17(12-32)38-23)24(37)9-8-16-5-4-10-33-16/h3,6-9,11,14,16,20,33H,2,4-5,10,13,15H2,1H3/b9-8+/t16-,20-/m0/s1. The number of benzene rings is 1. The molecule has 5 rings (SSSR count). The maximum Gasteiger partial charge on any atom is 0.435 e. The van der Waals surface area contributed by atoms with Crippen LogP contribution < -0.4 is 5.32 Å². The molecule has 0 aliphatic carbocycles. The molecule has 0 unspecified atom stereocenters. The first-order valence-corrected chi connectivity index (χ1v) is 13.2. The molecule has 2 aliphatic heterocycles. The molecular formula is C27H25F4N5OS. The maximum absolute atomic E-state index is 15.4. The number of rotatable bonds is 5. The van der Waals surface area contributed by atoms with Crippen molar-refractivity contribution in [2.24, 2.45) is 0 Å². The number of nitrogens with zero attached hydrogens (tertiary/aromatic N) is 4. The number of hydrogen-bond donors (Lipinski definition) is 1. The second kappa shape index (κ2) is 10.3. The van der Waals surface area contributed by atoms with Gasteiger partial charge in [-0.2, -0.15) is 23.5 Å². The van der Waals surface area contributed by atoms with Gasteiger partial charge in [-0.1, -0.05) is 18.2 Å². The summed E-state index contributed by atoms with van der Waals surface area (Å²) in [6.07, 6.45) is 1.74. The molecule has 3 aromatic rings. The number of aryl methyl sites for hydroxylation is 1. The van der Waals surface area contributed by atoms with E-state index in [1.54, 1.807) is 24.0 Å². The van der Waals surface area contributed by atoms with Gasteiger partial charge in [0.25, 0.3) is 0 Å². The Hall–Kier alpha value is -3.49. The van der Waals surface area contributed by atoms with Crippen LogP contribution in [0.15, 0.2) is 42.6 Å². The van der Waals surface area contributed by atoms with Gasteiger partial charge in [-0.3, -0.25) is 9.48 Å². The van der Waals surface area contributed by atoms with Crippen LogP contribution in [0.5, 0.6) is 0 Å². The Labute approximate surface area is 221 Å². The van der Waals surface area contributed by atoms with Crippen molar-refractivity contribution in [1.29, 1.82) is 5.26 Å². The van der Waals surface area contributed by atoms with Gasteiger partial charge in [-0.05, 0) is 49.6 Å². The molecule has 0 bridgehead atoms. The predicted molar refractivity (Wildman–Crippen MR) is 135 cm³/mol. The van der Waals surface area contributed by atoms with Crippen molar-refractivity contribution in [2.75, 3.05) is 13.1 Å². The van der Waals surface area contributed by atoms with Crippen molar-refractivity contribution in [3.05, 3.63) is 75.0 Å². The SMILES string of the molecule is CCn1cc(-c2c(F)cccc2[C@@H]2CN(C(=O)/C=C/[C@@H]3CCCN3)Cc3sc(C#N)cc32)c(C(F)(F)F)n1. The fourth-order valence-electron chi connectivity index (χ4n) is 5.18. The summed E-state index contributed by atoms with van der Waals surface area (Å²) in [5.41, 5.74) is -0.667. The summed E-state index contributed by atoms with van der Waals surface area (Å²) < 4.78 is 58.4. The molecule has 2 atom stereocenters. The van der Waals surface area contributed by atoms with Gasteiger partial charge in [0.15, 0.2) is 5.69 Å². The van der Waals surface area contributed by atoms with Crippen molar-refractivity contribution in [2.45, 2.75) is 51.0 Å². The number of halogens is 4. The summed E-state index contributed by atoms with van der Waals surface area (Å²) in [5, 5.41) is 16.5. The highest BCUT2D eigenvalue weighted by Gasteiger charge is 2.40. The van der Waals surface area contributed by atoms with Gasteiger partial charge in [-0.15, -0.1) is 11.3 Å². The molecule has 0 saturated carbocycles. The van der Waals surface area contributed by atoms with Crippen LogP contribution in [0.25, 0.3) is 11.1 Å². The number of nitrogens with one attached hydrogen (secondary N) is 1. The van der Waals surface area contributed by atoms with Crippen LogP contribution in [0.1, 0.15) is 52.3 Å². The Morgan fingerprint density at radius 1 is 1.34 bits per heavy atom.